The van der Waals surface area contributed by atoms with Crippen LogP contribution in [0.4, 0.5) is 20.2 Å². The second kappa shape index (κ2) is 10.1. The van der Waals surface area contributed by atoms with Crippen LogP contribution in [0.3, 0.4) is 0 Å². The second-order valence-electron chi connectivity index (χ2n) is 8.04. The van der Waals surface area contributed by atoms with E-state index in [4.69, 9.17) is 69.6 Å². The lowest BCUT2D eigenvalue weighted by Crippen LogP contribution is -2.19. The minimum absolute atomic E-state index is 0.0443. The zero-order valence-electron chi connectivity index (χ0n) is 17.3. The summed E-state index contributed by atoms with van der Waals surface area (Å²) in [4.78, 5) is 25.6. The fourth-order valence-electron chi connectivity index (χ4n) is 3.98. The maximum absolute atomic E-state index is 13.9. The SMILES string of the molecule is O=C(Nc1ccc(F)cc1F)c1cc(NC(=O)[C@@H]2[C@@H](C3C=C(Cl)C(Cl)=C(Cl)C3)C2(Cl)Cl)ccc1Cl. The third-order valence-electron chi connectivity index (χ3n) is 5.73. The molecular weight excluding hydrogens is 587 g/mol. The second-order valence-corrected chi connectivity index (χ2v) is 11.1. The molecule has 12 heteroatoms. The van der Waals surface area contributed by atoms with Crippen LogP contribution in [0.2, 0.25) is 5.02 Å². The summed E-state index contributed by atoms with van der Waals surface area (Å²) in [5.41, 5.74) is -0.0435. The average Bonchev–Trinajstić information content (AvgIpc) is 3.37. The number of anilines is 2. The zero-order valence-corrected chi connectivity index (χ0v) is 21.9. The van der Waals surface area contributed by atoms with Crippen molar-refractivity contribution in [2.24, 2.45) is 17.8 Å². The van der Waals surface area contributed by atoms with Crippen LogP contribution >= 0.6 is 69.6 Å². The summed E-state index contributed by atoms with van der Waals surface area (Å²) in [5.74, 6) is -4.56. The summed E-state index contributed by atoms with van der Waals surface area (Å²) in [5, 5.41) is 5.90. The molecule has 184 valence electrons. The topological polar surface area (TPSA) is 58.2 Å². The highest BCUT2D eigenvalue weighted by Crippen LogP contribution is 2.65. The minimum Gasteiger partial charge on any atom is -0.326 e. The lowest BCUT2D eigenvalue weighted by molar-refractivity contribution is -0.117. The van der Waals surface area contributed by atoms with Crippen molar-refractivity contribution in [1.29, 1.82) is 0 Å². The molecule has 0 radical (unpaired) electrons. The van der Waals surface area contributed by atoms with E-state index in [1.807, 2.05) is 0 Å². The lowest BCUT2D eigenvalue weighted by atomic mass is 9.94. The quantitative estimate of drug-likeness (QED) is 0.341. The molecule has 0 spiro atoms. The van der Waals surface area contributed by atoms with Gasteiger partial charge in [-0.15, -0.1) is 23.2 Å². The first kappa shape index (κ1) is 26.5. The summed E-state index contributed by atoms with van der Waals surface area (Å²) < 4.78 is 25.7. The molecule has 0 aromatic heterocycles. The average molecular weight is 601 g/mol. The molecule has 0 heterocycles. The van der Waals surface area contributed by atoms with Crippen LogP contribution in [-0.4, -0.2) is 16.1 Å². The summed E-state index contributed by atoms with van der Waals surface area (Å²) in [6, 6.07) is 6.90. The van der Waals surface area contributed by atoms with Crippen LogP contribution in [0.1, 0.15) is 16.8 Å². The van der Waals surface area contributed by atoms with Gasteiger partial charge in [-0.25, -0.2) is 8.78 Å². The van der Waals surface area contributed by atoms with Gasteiger partial charge in [-0.1, -0.05) is 52.5 Å². The van der Waals surface area contributed by atoms with E-state index in [1.165, 1.54) is 18.2 Å². The molecule has 4 nitrogen and oxygen atoms in total. The van der Waals surface area contributed by atoms with Crippen molar-refractivity contribution >= 4 is 92.8 Å². The summed E-state index contributed by atoms with van der Waals surface area (Å²) >= 11 is 37.3. The maximum atomic E-state index is 13.9. The van der Waals surface area contributed by atoms with E-state index >= 15 is 0 Å². The highest BCUT2D eigenvalue weighted by Gasteiger charge is 2.69. The molecule has 2 amide bonds. The Balaban J connectivity index is 1.48. The number of amides is 2. The van der Waals surface area contributed by atoms with Gasteiger partial charge in [0.25, 0.3) is 5.91 Å². The maximum Gasteiger partial charge on any atom is 0.257 e. The number of halogens is 8. The van der Waals surface area contributed by atoms with Crippen LogP contribution in [0.15, 0.2) is 57.6 Å². The van der Waals surface area contributed by atoms with Crippen molar-refractivity contribution in [3.05, 3.63) is 79.8 Å². The molecule has 3 atom stereocenters. The highest BCUT2D eigenvalue weighted by molar-refractivity contribution is 6.53. The molecule has 1 fully saturated rings. The fraction of sp³-hybridized carbons (Fsp3) is 0.217. The van der Waals surface area contributed by atoms with Gasteiger partial charge in [0.05, 0.1) is 32.3 Å². The first-order chi connectivity index (χ1) is 16.4. The van der Waals surface area contributed by atoms with Crippen LogP contribution < -0.4 is 10.6 Å². The molecule has 2 aromatic carbocycles. The smallest absolute Gasteiger partial charge is 0.257 e. The highest BCUT2D eigenvalue weighted by atomic mass is 35.5. The van der Waals surface area contributed by atoms with Gasteiger partial charge in [0, 0.05) is 22.7 Å². The van der Waals surface area contributed by atoms with Crippen LogP contribution in [0.25, 0.3) is 0 Å². The van der Waals surface area contributed by atoms with Gasteiger partial charge in [0.2, 0.25) is 5.91 Å². The molecule has 1 saturated carbocycles. The van der Waals surface area contributed by atoms with Crippen molar-refractivity contribution in [2.45, 2.75) is 10.8 Å². The van der Waals surface area contributed by atoms with Crippen LogP contribution in [0, 0.1) is 29.4 Å². The molecule has 0 bridgehead atoms. The third kappa shape index (κ3) is 5.43. The van der Waals surface area contributed by atoms with Crippen molar-refractivity contribution in [3.8, 4) is 0 Å². The van der Waals surface area contributed by atoms with Crippen LogP contribution in [0.5, 0.6) is 0 Å². The summed E-state index contributed by atoms with van der Waals surface area (Å²) in [6.07, 6.45) is 2.00. The van der Waals surface area contributed by atoms with E-state index < -0.39 is 39.6 Å². The van der Waals surface area contributed by atoms with E-state index in [0.29, 0.717) is 17.5 Å². The number of benzene rings is 2. The van der Waals surface area contributed by atoms with E-state index in [0.717, 1.165) is 12.1 Å². The predicted octanol–water partition coefficient (Wildman–Crippen LogP) is 8.06. The standard InChI is InChI=1S/C23H14Cl6F2N2O2/c24-13-3-2-11(8-12(13)21(34)33-17-4-1-10(30)7-16(17)31)32-22(35)19-18(23(19,28)29)9-5-14(25)20(27)15(26)6-9/h1-5,7-9,18-19H,6H2,(H,32,35)(H,33,34)/t9?,18-,19+/m1/s1. The number of hydrogen-bond donors (Lipinski definition) is 2. The number of carbonyl (C=O) groups excluding carboxylic acids is 2. The molecule has 0 aliphatic heterocycles. The molecule has 2 aliphatic rings. The van der Waals surface area contributed by atoms with Crippen molar-refractivity contribution in [3.63, 3.8) is 0 Å². The molecule has 4 rings (SSSR count). The Morgan fingerprint density at radius 3 is 2.34 bits per heavy atom. The van der Waals surface area contributed by atoms with Gasteiger partial charge in [-0.3, -0.25) is 9.59 Å². The molecule has 35 heavy (non-hydrogen) atoms. The van der Waals surface area contributed by atoms with Crippen molar-refractivity contribution in [2.75, 3.05) is 10.6 Å². The number of allylic oxidation sites excluding steroid dienone is 4. The monoisotopic (exact) mass is 598 g/mol. The minimum atomic E-state index is -1.36. The van der Waals surface area contributed by atoms with Crippen molar-refractivity contribution in [1.82, 2.24) is 0 Å². The largest absolute Gasteiger partial charge is 0.326 e. The van der Waals surface area contributed by atoms with Gasteiger partial charge in [-0.05, 0) is 42.7 Å². The molecular formula is C23H14Cl6F2N2O2. The number of rotatable bonds is 5. The van der Waals surface area contributed by atoms with Gasteiger partial charge in [-0.2, -0.15) is 0 Å². The fourth-order valence-corrected chi connectivity index (χ4v) is 5.84. The van der Waals surface area contributed by atoms with E-state index in [-0.39, 0.29) is 37.9 Å². The number of carbonyl (C=O) groups is 2. The Hall–Kier alpha value is -1.54. The molecule has 2 N–H and O–H groups in total. The summed E-state index contributed by atoms with van der Waals surface area (Å²) in [6.45, 7) is 0. The van der Waals surface area contributed by atoms with Crippen LogP contribution in [-0.2, 0) is 4.79 Å². The normalized spacial score (nSPS) is 23.0. The van der Waals surface area contributed by atoms with Crippen molar-refractivity contribution < 1.29 is 18.4 Å². The van der Waals surface area contributed by atoms with Gasteiger partial charge in [0.15, 0.2) is 0 Å². The lowest BCUT2D eigenvalue weighted by Gasteiger charge is -2.19. The predicted molar refractivity (Wildman–Crippen MR) is 137 cm³/mol. The number of nitrogens with one attached hydrogen (secondary N) is 2. The van der Waals surface area contributed by atoms with Gasteiger partial charge in [0.1, 0.15) is 16.0 Å². The number of hydrogen-bond acceptors (Lipinski definition) is 2. The summed E-state index contributed by atoms with van der Waals surface area (Å²) in [7, 11) is 0. The van der Waals surface area contributed by atoms with E-state index in [1.54, 1.807) is 6.08 Å². The van der Waals surface area contributed by atoms with Gasteiger partial charge >= 0.3 is 0 Å². The first-order valence-electron chi connectivity index (χ1n) is 10.1. The molecule has 2 aliphatic carbocycles. The number of alkyl halides is 2. The molecule has 0 saturated heterocycles. The third-order valence-corrected chi connectivity index (χ3v) is 8.32. The molecule has 1 unspecified atom stereocenters. The Kier molecular flexibility index (Phi) is 7.64. The Bertz CT molecular complexity index is 1300. The van der Waals surface area contributed by atoms with Gasteiger partial charge < -0.3 is 10.6 Å². The zero-order chi connectivity index (χ0) is 25.7. The Morgan fingerprint density at radius 2 is 1.69 bits per heavy atom. The van der Waals surface area contributed by atoms with E-state index in [2.05, 4.69) is 10.6 Å². The first-order valence-corrected chi connectivity index (χ1v) is 12.3. The van der Waals surface area contributed by atoms with E-state index in [9.17, 15) is 18.4 Å². The Labute approximate surface area is 229 Å². The molecule has 2 aromatic rings. The Morgan fingerprint density at radius 1 is 0.971 bits per heavy atom.